The summed E-state index contributed by atoms with van der Waals surface area (Å²) in [5.41, 5.74) is 1.99. The lowest BCUT2D eigenvalue weighted by Crippen LogP contribution is -2.52. The summed E-state index contributed by atoms with van der Waals surface area (Å²) in [5.74, 6) is -0.436. The smallest absolute Gasteiger partial charge is 0.321 e. The molecule has 1 aromatic rings. The normalized spacial score (nSPS) is 17.3. The van der Waals surface area contributed by atoms with Gasteiger partial charge in [-0.25, -0.2) is 4.79 Å². The lowest BCUT2D eigenvalue weighted by Gasteiger charge is -2.33. The minimum Gasteiger partial charge on any atom is -0.337 e. The minimum atomic E-state index is -0.443. The molecule has 1 aliphatic carbocycles. The second-order valence-electron chi connectivity index (χ2n) is 8.24. The first-order valence-corrected chi connectivity index (χ1v) is 11.6. The fourth-order valence-electron chi connectivity index (χ4n) is 3.94. The number of urea groups is 1. The van der Waals surface area contributed by atoms with Crippen LogP contribution in [0.5, 0.6) is 0 Å². The molecule has 1 fully saturated rings. The first-order valence-electron chi connectivity index (χ1n) is 11.2. The lowest BCUT2D eigenvalue weighted by atomic mass is 9.97. The van der Waals surface area contributed by atoms with Crippen molar-refractivity contribution in [2.24, 2.45) is 0 Å². The molecule has 9 heteroatoms. The highest BCUT2D eigenvalue weighted by molar-refractivity contribution is 6.33. The molecule has 1 heterocycles. The van der Waals surface area contributed by atoms with Gasteiger partial charge in [0.1, 0.15) is 0 Å². The molecule has 1 saturated heterocycles. The molecule has 0 spiro atoms. The lowest BCUT2D eigenvalue weighted by molar-refractivity contribution is -0.122. The van der Waals surface area contributed by atoms with Gasteiger partial charge < -0.3 is 10.6 Å². The van der Waals surface area contributed by atoms with E-state index >= 15 is 0 Å². The predicted molar refractivity (Wildman–Crippen MR) is 126 cm³/mol. The number of carbonyl (C=O) groups excluding carboxylic acids is 3. The molecular formula is C23H32ClN5O3. The highest BCUT2D eigenvalue weighted by atomic mass is 35.5. The Kier molecular flexibility index (Phi) is 9.52. The third-order valence-corrected chi connectivity index (χ3v) is 6.05. The number of nitrogens with one attached hydrogen (secondary N) is 3. The minimum absolute atomic E-state index is 0.120. The van der Waals surface area contributed by atoms with Crippen LogP contribution in [0, 0.1) is 0 Å². The van der Waals surface area contributed by atoms with Crippen LogP contribution in [0.2, 0.25) is 5.02 Å². The summed E-state index contributed by atoms with van der Waals surface area (Å²) >= 11 is 6.07. The van der Waals surface area contributed by atoms with Gasteiger partial charge in [0.25, 0.3) is 0 Å². The molecule has 2 aliphatic rings. The number of benzene rings is 1. The Balaban J connectivity index is 1.29. The summed E-state index contributed by atoms with van der Waals surface area (Å²) in [6.45, 7) is 3.63. The van der Waals surface area contributed by atoms with Crippen molar-refractivity contribution in [2.45, 2.75) is 32.1 Å². The Morgan fingerprint density at radius 1 is 0.938 bits per heavy atom. The molecule has 4 amide bonds. The van der Waals surface area contributed by atoms with Crippen molar-refractivity contribution >= 4 is 35.1 Å². The molecule has 1 aromatic carbocycles. The third kappa shape index (κ3) is 8.26. The fraction of sp³-hybridized carbons (Fsp3) is 0.522. The van der Waals surface area contributed by atoms with Gasteiger partial charge >= 0.3 is 6.03 Å². The van der Waals surface area contributed by atoms with Gasteiger partial charge in [-0.2, -0.15) is 0 Å². The zero-order valence-electron chi connectivity index (χ0n) is 18.4. The molecule has 0 bridgehead atoms. The van der Waals surface area contributed by atoms with Gasteiger partial charge in [-0.05, 0) is 44.2 Å². The number of rotatable bonds is 8. The molecular weight excluding hydrogens is 430 g/mol. The largest absolute Gasteiger partial charge is 0.337 e. The van der Waals surface area contributed by atoms with Gasteiger partial charge in [0.15, 0.2) is 0 Å². The summed E-state index contributed by atoms with van der Waals surface area (Å²) in [4.78, 5) is 40.4. The molecule has 3 rings (SSSR count). The quantitative estimate of drug-likeness (QED) is 0.517. The van der Waals surface area contributed by atoms with E-state index in [-0.39, 0.29) is 24.9 Å². The Hall–Kier alpha value is -2.42. The number of halogens is 1. The molecule has 0 atom stereocenters. The number of hydrogen-bond donors (Lipinski definition) is 3. The van der Waals surface area contributed by atoms with Crippen molar-refractivity contribution < 1.29 is 14.4 Å². The van der Waals surface area contributed by atoms with E-state index in [0.29, 0.717) is 43.4 Å². The van der Waals surface area contributed by atoms with Gasteiger partial charge in [-0.3, -0.25) is 24.7 Å². The van der Waals surface area contributed by atoms with Crippen LogP contribution in [0.1, 0.15) is 32.1 Å². The van der Waals surface area contributed by atoms with Crippen molar-refractivity contribution in [1.82, 2.24) is 20.4 Å². The second-order valence-corrected chi connectivity index (χ2v) is 8.65. The Morgan fingerprint density at radius 3 is 2.28 bits per heavy atom. The van der Waals surface area contributed by atoms with E-state index < -0.39 is 6.03 Å². The maximum Gasteiger partial charge on any atom is 0.321 e. The maximum atomic E-state index is 12.3. The number of para-hydroxylation sites is 1. The van der Waals surface area contributed by atoms with E-state index in [2.05, 4.69) is 22.0 Å². The van der Waals surface area contributed by atoms with Gasteiger partial charge in [0.05, 0.1) is 23.8 Å². The van der Waals surface area contributed by atoms with Crippen molar-refractivity contribution in [2.75, 3.05) is 51.1 Å². The summed E-state index contributed by atoms with van der Waals surface area (Å²) in [7, 11) is 0. The molecule has 174 valence electrons. The predicted octanol–water partition coefficient (Wildman–Crippen LogP) is 2.61. The van der Waals surface area contributed by atoms with E-state index in [0.717, 1.165) is 19.3 Å². The number of imide groups is 1. The molecule has 0 unspecified atom stereocenters. The third-order valence-electron chi connectivity index (χ3n) is 5.72. The van der Waals surface area contributed by atoms with Crippen LogP contribution in [-0.4, -0.2) is 73.5 Å². The van der Waals surface area contributed by atoms with Gasteiger partial charge in [0.2, 0.25) is 11.8 Å². The monoisotopic (exact) mass is 461 g/mol. The van der Waals surface area contributed by atoms with Gasteiger partial charge in [-0.1, -0.05) is 35.4 Å². The molecule has 0 aromatic heterocycles. The summed E-state index contributed by atoms with van der Waals surface area (Å²) in [6.07, 6.45) is 7.79. The van der Waals surface area contributed by atoms with E-state index in [1.165, 1.54) is 18.4 Å². The second kappa shape index (κ2) is 12.6. The molecule has 1 aliphatic heterocycles. The van der Waals surface area contributed by atoms with Crippen LogP contribution in [0.3, 0.4) is 0 Å². The van der Waals surface area contributed by atoms with Crippen LogP contribution in [0.15, 0.2) is 35.9 Å². The summed E-state index contributed by atoms with van der Waals surface area (Å²) < 4.78 is 0. The molecule has 32 heavy (non-hydrogen) atoms. The van der Waals surface area contributed by atoms with Gasteiger partial charge in [-0.15, -0.1) is 0 Å². The number of allylic oxidation sites excluding steroid dienone is 1. The van der Waals surface area contributed by atoms with Crippen LogP contribution in [0.4, 0.5) is 10.5 Å². The first kappa shape index (κ1) is 24.2. The Morgan fingerprint density at radius 2 is 1.62 bits per heavy atom. The van der Waals surface area contributed by atoms with Crippen LogP contribution >= 0.6 is 11.6 Å². The number of carbonyl (C=O) groups is 3. The van der Waals surface area contributed by atoms with E-state index in [1.807, 2.05) is 21.9 Å². The summed E-state index contributed by atoms with van der Waals surface area (Å²) in [6, 6.07) is 6.68. The number of anilines is 1. The van der Waals surface area contributed by atoms with Crippen molar-refractivity contribution in [3.63, 3.8) is 0 Å². The molecule has 0 saturated carbocycles. The first-order chi connectivity index (χ1) is 15.5. The van der Waals surface area contributed by atoms with Crippen LogP contribution in [0.25, 0.3) is 0 Å². The average molecular weight is 462 g/mol. The molecule has 8 nitrogen and oxygen atoms in total. The number of amides is 4. The van der Waals surface area contributed by atoms with Crippen molar-refractivity contribution in [1.29, 1.82) is 0 Å². The highest BCUT2D eigenvalue weighted by Crippen LogP contribution is 2.20. The highest BCUT2D eigenvalue weighted by Gasteiger charge is 2.21. The van der Waals surface area contributed by atoms with Crippen molar-refractivity contribution in [3.05, 3.63) is 40.9 Å². The van der Waals surface area contributed by atoms with Crippen molar-refractivity contribution in [3.8, 4) is 0 Å². The topological polar surface area (TPSA) is 93.8 Å². The van der Waals surface area contributed by atoms with E-state index in [9.17, 15) is 14.4 Å². The number of hydrogen-bond acceptors (Lipinski definition) is 5. The fourth-order valence-corrected chi connectivity index (χ4v) is 4.13. The van der Waals surface area contributed by atoms with Crippen LogP contribution < -0.4 is 16.0 Å². The Labute approximate surface area is 194 Å². The maximum absolute atomic E-state index is 12.3. The van der Waals surface area contributed by atoms with E-state index in [4.69, 9.17) is 11.6 Å². The molecule has 0 radical (unpaired) electrons. The standard InChI is InChI=1S/C23H32ClN5O3/c24-19-8-4-5-9-20(19)26-21(30)16-28-12-14-29(15-13-28)17-22(31)27-23(32)25-11-10-18-6-2-1-3-7-18/h4-6,8-9H,1-3,7,10-17H2,(H,26,30)(H2,25,27,31,32). The number of nitrogens with zero attached hydrogens (tertiary/aromatic N) is 2. The van der Waals surface area contributed by atoms with Gasteiger partial charge in [0, 0.05) is 32.7 Å². The number of piperazine rings is 1. The Bertz CT molecular complexity index is 837. The summed E-state index contributed by atoms with van der Waals surface area (Å²) in [5, 5.41) is 8.49. The average Bonchev–Trinajstić information content (AvgIpc) is 2.77. The van der Waals surface area contributed by atoms with E-state index in [1.54, 1.807) is 12.1 Å². The SMILES string of the molecule is O=C(CN1CCN(CC(=O)Nc2ccccc2Cl)CC1)NC(=O)NCCC1=CCCCC1. The zero-order chi connectivity index (χ0) is 22.8. The zero-order valence-corrected chi connectivity index (χ0v) is 19.1. The van der Waals surface area contributed by atoms with Crippen LogP contribution in [-0.2, 0) is 9.59 Å². The molecule has 3 N–H and O–H groups in total.